The Bertz CT molecular complexity index is 3580. The number of carbonyl (C=O) groups is 2. The van der Waals surface area contributed by atoms with Gasteiger partial charge in [-0.15, -0.1) is 0 Å². The molecule has 6 aromatic rings. The van der Waals surface area contributed by atoms with E-state index in [4.69, 9.17) is 19.1 Å². The average Bonchev–Trinajstić information content (AvgIpc) is 1.86. The third kappa shape index (κ3) is 8.02. The highest BCUT2D eigenvalue weighted by Crippen LogP contribution is 2.68. The summed E-state index contributed by atoms with van der Waals surface area (Å²) in [5.41, 5.74) is 0.773. The maximum atomic E-state index is 17.0. The van der Waals surface area contributed by atoms with Crippen LogP contribution in [0.5, 0.6) is 11.5 Å². The molecule has 7 aliphatic rings. The smallest absolute Gasteiger partial charge is 0.269 e. The predicted molar refractivity (Wildman–Crippen MR) is 321 cm³/mol. The molecule has 8 atom stereocenters. The molecule has 0 N–H and O–H groups in total. The minimum absolute atomic E-state index is 0.0621. The second-order valence-corrected chi connectivity index (χ2v) is 28.6. The van der Waals surface area contributed by atoms with E-state index in [0.29, 0.717) is 33.8 Å². The number of nitro groups is 2. The molecule has 2 aliphatic carbocycles. The van der Waals surface area contributed by atoms with Gasteiger partial charge in [-0.3, -0.25) is 39.5 Å². The first kappa shape index (κ1) is 55.3. The summed E-state index contributed by atoms with van der Waals surface area (Å²) in [4.78, 5) is 73.1. The molecule has 6 aromatic carbocycles. The summed E-state index contributed by atoms with van der Waals surface area (Å²) < 4.78 is 15.7. The van der Waals surface area contributed by atoms with Crippen molar-refractivity contribution < 1.29 is 38.6 Å². The summed E-state index contributed by atoms with van der Waals surface area (Å²) in [5, 5.41) is 28.3. The number of rotatable bonds is 6. The topological polar surface area (TPSA) is 164 Å². The largest absolute Gasteiger partial charge is 0.478 e. The molecule has 84 heavy (non-hydrogen) atoms. The lowest BCUT2D eigenvalue weighted by atomic mass is 9.54. The molecule has 0 unspecified atom stereocenters. The van der Waals surface area contributed by atoms with Crippen LogP contribution in [-0.2, 0) is 55.8 Å². The first-order valence-corrected chi connectivity index (χ1v) is 29.3. The van der Waals surface area contributed by atoms with Gasteiger partial charge in [0.15, 0.2) is 11.2 Å². The van der Waals surface area contributed by atoms with Crippen LogP contribution in [0.3, 0.4) is 0 Å². The fourth-order valence-electron chi connectivity index (χ4n) is 15.1. The number of para-hydroxylation sites is 2. The summed E-state index contributed by atoms with van der Waals surface area (Å²) in [6.07, 6.45) is 4.63. The molecule has 13 rings (SSSR count). The number of nitrogens with zero attached hydrogens (tertiary/aromatic N) is 4. The summed E-state index contributed by atoms with van der Waals surface area (Å²) in [5.74, 6) is -0.869. The minimum atomic E-state index is -1.63. The summed E-state index contributed by atoms with van der Waals surface area (Å²) >= 11 is 0. The van der Waals surface area contributed by atoms with Crippen molar-refractivity contribution in [2.45, 2.75) is 154 Å². The number of ether oxygens (including phenoxy) is 2. The Morgan fingerprint density at radius 3 is 1.12 bits per heavy atom. The summed E-state index contributed by atoms with van der Waals surface area (Å²) in [6, 6.07) is 39.9. The van der Waals surface area contributed by atoms with Crippen LogP contribution in [0.2, 0.25) is 0 Å². The van der Waals surface area contributed by atoms with Crippen LogP contribution in [-0.4, -0.2) is 43.8 Å². The van der Waals surface area contributed by atoms with Crippen LogP contribution >= 0.6 is 0 Å². The maximum absolute atomic E-state index is 17.0. The number of hydrogen-bond acceptors (Lipinski definition) is 12. The van der Waals surface area contributed by atoms with Crippen LogP contribution in [0.15, 0.2) is 157 Å². The third-order valence-corrected chi connectivity index (χ3v) is 19.4. The zero-order valence-corrected chi connectivity index (χ0v) is 49.9. The van der Waals surface area contributed by atoms with Crippen molar-refractivity contribution in [3.8, 4) is 11.5 Å². The lowest BCUT2D eigenvalue weighted by Gasteiger charge is -2.51. The zero-order valence-electron chi connectivity index (χ0n) is 49.9. The fourth-order valence-corrected chi connectivity index (χ4v) is 15.1. The predicted octanol–water partition coefficient (Wildman–Crippen LogP) is 14.5. The van der Waals surface area contributed by atoms with E-state index in [1.807, 2.05) is 70.8 Å². The van der Waals surface area contributed by atoms with Gasteiger partial charge in [0.1, 0.15) is 22.7 Å². The number of ketones is 2. The minimum Gasteiger partial charge on any atom is -0.478 e. The van der Waals surface area contributed by atoms with Crippen LogP contribution in [0.4, 0.5) is 22.7 Å². The number of carbonyl (C=O) groups excluding carboxylic acids is 2. The average molecular weight is 1130 g/mol. The van der Waals surface area contributed by atoms with E-state index < -0.39 is 77.8 Å². The Balaban J connectivity index is 1.12. The molecule has 2 spiro atoms. The van der Waals surface area contributed by atoms with E-state index in [2.05, 4.69) is 120 Å². The molecule has 2 fully saturated rings. The second kappa shape index (κ2) is 18.3. The second-order valence-electron chi connectivity index (χ2n) is 28.6. The normalized spacial score (nSPS) is 27.7. The van der Waals surface area contributed by atoms with E-state index in [1.54, 1.807) is 24.3 Å². The van der Waals surface area contributed by atoms with Gasteiger partial charge in [0, 0.05) is 61.1 Å². The van der Waals surface area contributed by atoms with Gasteiger partial charge in [-0.2, -0.15) is 0 Å². The van der Waals surface area contributed by atoms with Crippen molar-refractivity contribution in [1.29, 1.82) is 0 Å². The van der Waals surface area contributed by atoms with Crippen molar-refractivity contribution in [2.75, 3.05) is 10.1 Å². The summed E-state index contributed by atoms with van der Waals surface area (Å²) in [6.45, 7) is 25.8. The van der Waals surface area contributed by atoms with E-state index in [0.717, 1.165) is 44.8 Å². The molecule has 2 saturated heterocycles. The molecule has 432 valence electrons. The zero-order chi connectivity index (χ0) is 59.6. The van der Waals surface area contributed by atoms with Gasteiger partial charge in [-0.05, 0) is 103 Å². The number of Topliss-reactive ketones (excluding diaryl/α,β-unsaturated/α-hetero) is 2. The standard InChI is InChI=1S/C70H72N4O10/c1-63(2,3)49-33-43-31-47-39-69(65(7,8)9)60(56(42-25-29-54(30-26-42)74(79)80)72(83-69)52-21-17-14-18-22-52)68(61(47)75)38-46-36-50(64(4,5)6)34-44(58(46)82-68)32-48-40-70(66(10,11)12)59(67(62(48)76)37-45(35-49)57(43)81-67)55(41-23-27-53(28-24-41)73(77)78)71(84-70)51-19-15-13-16-20-51/h13-30,33-36,39-40,55-56,59-60H,31-32,37-38H2,1-12H3/t55-,56+,59+,60-,67+,68-,69+,70-. The first-order valence-electron chi connectivity index (χ1n) is 29.3. The van der Waals surface area contributed by atoms with Crippen molar-refractivity contribution in [2.24, 2.45) is 22.7 Å². The van der Waals surface area contributed by atoms with Crippen LogP contribution in [0.1, 0.15) is 140 Å². The van der Waals surface area contributed by atoms with Crippen LogP contribution in [0, 0.1) is 42.9 Å². The number of nitro benzene ring substituents is 2. The molecule has 5 aliphatic heterocycles. The number of hydroxylamine groups is 2. The Kier molecular flexibility index (Phi) is 12.0. The fraction of sp³-hybridized carbons (Fsp3) is 0.400. The molecule has 0 saturated carbocycles. The number of non-ortho nitro benzene ring substituents is 2. The molecule has 14 heteroatoms. The van der Waals surface area contributed by atoms with E-state index in [9.17, 15) is 20.2 Å². The first-order chi connectivity index (χ1) is 39.5. The number of fused-ring (bicyclic) bond motifs is 4. The highest BCUT2D eigenvalue weighted by atomic mass is 16.7. The van der Waals surface area contributed by atoms with Gasteiger partial charge in [0.2, 0.25) is 11.6 Å². The summed E-state index contributed by atoms with van der Waals surface area (Å²) in [7, 11) is 0. The van der Waals surface area contributed by atoms with Crippen LogP contribution in [0.25, 0.3) is 0 Å². The van der Waals surface area contributed by atoms with Crippen molar-refractivity contribution in [3.05, 3.63) is 221 Å². The van der Waals surface area contributed by atoms with Crippen molar-refractivity contribution in [3.63, 3.8) is 0 Å². The Morgan fingerprint density at radius 2 is 0.810 bits per heavy atom. The molecule has 14 nitrogen and oxygen atoms in total. The molecular weight excluding hydrogens is 1060 g/mol. The molecule has 0 aromatic heterocycles. The van der Waals surface area contributed by atoms with Gasteiger partial charge >= 0.3 is 0 Å². The highest BCUT2D eigenvalue weighted by molar-refractivity contribution is 6.07. The lowest BCUT2D eigenvalue weighted by Crippen LogP contribution is -2.65. The molecule has 5 heterocycles. The Morgan fingerprint density at radius 1 is 0.476 bits per heavy atom. The van der Waals surface area contributed by atoms with Gasteiger partial charge in [-0.1, -0.05) is 168 Å². The number of hydrogen-bond donors (Lipinski definition) is 0. The van der Waals surface area contributed by atoms with Gasteiger partial charge in [0.05, 0.1) is 45.1 Å². The number of benzene rings is 6. The van der Waals surface area contributed by atoms with Crippen molar-refractivity contribution in [1.82, 2.24) is 0 Å². The number of anilines is 2. The molecule has 0 radical (unpaired) electrons. The van der Waals surface area contributed by atoms with E-state index >= 15 is 9.59 Å². The Hall–Kier alpha value is -7.94. The van der Waals surface area contributed by atoms with Crippen molar-refractivity contribution >= 4 is 34.3 Å². The molecule has 6 bridgehead atoms. The quantitative estimate of drug-likeness (QED) is 0.115. The SMILES string of the molecule is CC(C)(C)c1cc2c3c(c1)C[C@]1(O3)C(=O)C(=C[C@]3(C(C)(C)C)ON(c4ccccc4)[C@@H](c4ccc([N+](=O)[O-])cc4)[C@H]13)Cc1cc(C(C)(C)C)cc3c1O[C@]1(C3)C(=O)C(=C[C@@]3(C(C)(C)C)ON(c4ccccc4)[C@H](c4ccc([N+](=O)[O-])cc4)[C@@H]13)C2. The van der Waals surface area contributed by atoms with Gasteiger partial charge < -0.3 is 9.47 Å². The third-order valence-electron chi connectivity index (χ3n) is 19.4. The monoisotopic (exact) mass is 1130 g/mol. The van der Waals surface area contributed by atoms with Gasteiger partial charge in [-0.25, -0.2) is 10.1 Å². The van der Waals surface area contributed by atoms with Crippen LogP contribution < -0.4 is 19.6 Å². The highest BCUT2D eigenvalue weighted by Gasteiger charge is 2.76. The van der Waals surface area contributed by atoms with E-state index in [-0.39, 0.29) is 48.6 Å². The Labute approximate surface area is 490 Å². The maximum Gasteiger partial charge on any atom is 0.269 e. The van der Waals surface area contributed by atoms with E-state index in [1.165, 1.54) is 24.3 Å². The lowest BCUT2D eigenvalue weighted by molar-refractivity contribution is -0.385. The van der Waals surface area contributed by atoms with Gasteiger partial charge in [0.25, 0.3) is 11.4 Å². The molecule has 0 amide bonds. The molecular formula is C70H72N4O10.